The molecule has 2 aromatic heterocycles. The summed E-state index contributed by atoms with van der Waals surface area (Å²) in [5.74, 6) is -0.0142. The summed E-state index contributed by atoms with van der Waals surface area (Å²) in [4.78, 5) is 23.7. The fourth-order valence-corrected chi connectivity index (χ4v) is 1.41. The van der Waals surface area contributed by atoms with Gasteiger partial charge in [-0.05, 0) is 18.6 Å². The zero-order valence-electron chi connectivity index (χ0n) is 9.92. The first-order valence-corrected chi connectivity index (χ1v) is 5.43. The highest BCUT2D eigenvalue weighted by Crippen LogP contribution is 2.03. The van der Waals surface area contributed by atoms with Crippen LogP contribution < -0.4 is 11.1 Å². The van der Waals surface area contributed by atoms with Crippen molar-refractivity contribution in [2.75, 3.05) is 5.73 Å². The maximum Gasteiger partial charge on any atom is 0.271 e. The Labute approximate surface area is 104 Å². The van der Waals surface area contributed by atoms with Crippen LogP contribution in [-0.2, 0) is 6.54 Å². The minimum absolute atomic E-state index is 0.234. The highest BCUT2D eigenvalue weighted by atomic mass is 16.1. The standard InChI is InChI=1S/C12H13N5O/c1-8-3-2-4-14-9(8)5-17-12(18)10-6-16-11(13)7-15-10/h2-4,6-7H,5H2,1H3,(H2,13,16)(H,17,18). The van der Waals surface area contributed by atoms with Gasteiger partial charge in [-0.3, -0.25) is 9.78 Å². The molecule has 92 valence electrons. The largest absolute Gasteiger partial charge is 0.382 e. The van der Waals surface area contributed by atoms with Gasteiger partial charge in [0, 0.05) is 6.20 Å². The van der Waals surface area contributed by atoms with Crippen LogP contribution in [0.2, 0.25) is 0 Å². The van der Waals surface area contributed by atoms with Crippen molar-refractivity contribution in [1.29, 1.82) is 0 Å². The Kier molecular flexibility index (Phi) is 3.47. The van der Waals surface area contributed by atoms with Crippen LogP contribution >= 0.6 is 0 Å². The molecule has 0 unspecified atom stereocenters. The number of hydrogen-bond acceptors (Lipinski definition) is 5. The lowest BCUT2D eigenvalue weighted by molar-refractivity contribution is 0.0945. The van der Waals surface area contributed by atoms with Crippen molar-refractivity contribution in [3.8, 4) is 0 Å². The molecule has 0 saturated heterocycles. The molecule has 0 aliphatic carbocycles. The molecule has 0 bridgehead atoms. The lowest BCUT2D eigenvalue weighted by Crippen LogP contribution is -2.24. The Morgan fingerprint density at radius 3 is 2.83 bits per heavy atom. The van der Waals surface area contributed by atoms with Gasteiger partial charge in [0.2, 0.25) is 0 Å². The molecule has 3 N–H and O–H groups in total. The first-order chi connectivity index (χ1) is 8.66. The van der Waals surface area contributed by atoms with Crippen molar-refractivity contribution in [2.45, 2.75) is 13.5 Å². The molecule has 6 nitrogen and oxygen atoms in total. The second-order valence-corrected chi connectivity index (χ2v) is 3.78. The Bertz CT molecular complexity index is 553. The summed E-state index contributed by atoms with van der Waals surface area (Å²) in [6.45, 7) is 2.30. The van der Waals surface area contributed by atoms with E-state index in [4.69, 9.17) is 5.73 Å². The number of hydrogen-bond donors (Lipinski definition) is 2. The van der Waals surface area contributed by atoms with E-state index >= 15 is 0 Å². The van der Waals surface area contributed by atoms with Gasteiger partial charge in [0.15, 0.2) is 0 Å². The van der Waals surface area contributed by atoms with Gasteiger partial charge in [0.25, 0.3) is 5.91 Å². The normalized spacial score (nSPS) is 10.1. The van der Waals surface area contributed by atoms with E-state index in [1.807, 2.05) is 19.1 Å². The third-order valence-electron chi connectivity index (χ3n) is 2.44. The van der Waals surface area contributed by atoms with Crippen LogP contribution in [0.3, 0.4) is 0 Å². The first kappa shape index (κ1) is 12.0. The Hall–Kier alpha value is -2.50. The average Bonchev–Trinajstić information content (AvgIpc) is 2.38. The van der Waals surface area contributed by atoms with Crippen LogP contribution in [0.5, 0.6) is 0 Å². The minimum atomic E-state index is -0.299. The molecule has 0 aromatic carbocycles. The van der Waals surface area contributed by atoms with Crippen LogP contribution in [0.1, 0.15) is 21.7 Å². The quantitative estimate of drug-likeness (QED) is 0.827. The molecule has 2 aromatic rings. The van der Waals surface area contributed by atoms with Crippen molar-refractivity contribution in [3.63, 3.8) is 0 Å². The lowest BCUT2D eigenvalue weighted by atomic mass is 10.2. The van der Waals surface area contributed by atoms with Gasteiger partial charge in [-0.2, -0.15) is 0 Å². The van der Waals surface area contributed by atoms with E-state index < -0.39 is 0 Å². The Morgan fingerprint density at radius 1 is 1.33 bits per heavy atom. The van der Waals surface area contributed by atoms with E-state index in [2.05, 4.69) is 20.3 Å². The Morgan fingerprint density at radius 2 is 2.17 bits per heavy atom. The highest BCUT2D eigenvalue weighted by Gasteiger charge is 2.08. The molecule has 0 aliphatic heterocycles. The number of aromatic nitrogens is 3. The molecular formula is C12H13N5O. The summed E-state index contributed by atoms with van der Waals surface area (Å²) >= 11 is 0. The summed E-state index contributed by atoms with van der Waals surface area (Å²) in [5, 5.41) is 2.73. The van der Waals surface area contributed by atoms with Crippen LogP contribution in [0.25, 0.3) is 0 Å². The number of carbonyl (C=O) groups excluding carboxylic acids is 1. The summed E-state index contributed by atoms with van der Waals surface area (Å²) in [7, 11) is 0. The van der Waals surface area contributed by atoms with Crippen molar-refractivity contribution in [2.24, 2.45) is 0 Å². The second-order valence-electron chi connectivity index (χ2n) is 3.78. The van der Waals surface area contributed by atoms with Crippen molar-refractivity contribution < 1.29 is 4.79 Å². The molecule has 0 radical (unpaired) electrons. The van der Waals surface area contributed by atoms with Gasteiger partial charge in [0.05, 0.1) is 24.6 Å². The zero-order chi connectivity index (χ0) is 13.0. The third-order valence-corrected chi connectivity index (χ3v) is 2.44. The molecule has 2 rings (SSSR count). The predicted molar refractivity (Wildman–Crippen MR) is 66.6 cm³/mol. The molecule has 0 spiro atoms. The second kappa shape index (κ2) is 5.22. The molecule has 2 heterocycles. The van der Waals surface area contributed by atoms with E-state index in [0.29, 0.717) is 6.54 Å². The first-order valence-electron chi connectivity index (χ1n) is 5.43. The lowest BCUT2D eigenvalue weighted by Gasteiger charge is -2.06. The highest BCUT2D eigenvalue weighted by molar-refractivity contribution is 5.91. The monoisotopic (exact) mass is 243 g/mol. The van der Waals surface area contributed by atoms with Gasteiger partial charge in [-0.1, -0.05) is 6.07 Å². The summed E-state index contributed by atoms with van der Waals surface area (Å²) in [6, 6.07) is 3.80. The van der Waals surface area contributed by atoms with E-state index in [-0.39, 0.29) is 17.4 Å². The number of nitrogens with two attached hydrogens (primary N) is 1. The number of nitrogens with zero attached hydrogens (tertiary/aromatic N) is 3. The maximum absolute atomic E-state index is 11.8. The smallest absolute Gasteiger partial charge is 0.271 e. The van der Waals surface area contributed by atoms with Gasteiger partial charge < -0.3 is 11.1 Å². The van der Waals surface area contributed by atoms with Gasteiger partial charge in [0.1, 0.15) is 11.5 Å². The fraction of sp³-hybridized carbons (Fsp3) is 0.167. The van der Waals surface area contributed by atoms with E-state index in [0.717, 1.165) is 11.3 Å². The number of nitrogen functional groups attached to an aromatic ring is 1. The minimum Gasteiger partial charge on any atom is -0.382 e. The predicted octanol–water partition coefficient (Wildman–Crippen LogP) is 0.692. The van der Waals surface area contributed by atoms with Gasteiger partial charge in [-0.15, -0.1) is 0 Å². The average molecular weight is 243 g/mol. The molecule has 18 heavy (non-hydrogen) atoms. The Balaban J connectivity index is 2.01. The maximum atomic E-state index is 11.8. The number of rotatable bonds is 3. The van der Waals surface area contributed by atoms with Crippen molar-refractivity contribution in [3.05, 3.63) is 47.7 Å². The van der Waals surface area contributed by atoms with E-state index in [9.17, 15) is 4.79 Å². The molecule has 0 atom stereocenters. The van der Waals surface area contributed by atoms with Crippen molar-refractivity contribution >= 4 is 11.7 Å². The number of aryl methyl sites for hydroxylation is 1. The zero-order valence-corrected chi connectivity index (χ0v) is 9.92. The molecule has 6 heteroatoms. The number of pyridine rings is 1. The van der Waals surface area contributed by atoms with Gasteiger partial charge in [-0.25, -0.2) is 9.97 Å². The van der Waals surface area contributed by atoms with Crippen molar-refractivity contribution in [1.82, 2.24) is 20.3 Å². The number of amides is 1. The van der Waals surface area contributed by atoms with Gasteiger partial charge >= 0.3 is 0 Å². The van der Waals surface area contributed by atoms with Crippen LogP contribution in [0.4, 0.5) is 5.82 Å². The molecular weight excluding hydrogens is 230 g/mol. The fourth-order valence-electron chi connectivity index (χ4n) is 1.41. The van der Waals surface area contributed by atoms with E-state index in [1.54, 1.807) is 6.20 Å². The summed E-state index contributed by atoms with van der Waals surface area (Å²) in [6.07, 6.45) is 4.38. The molecule has 0 aliphatic rings. The number of carbonyl (C=O) groups is 1. The van der Waals surface area contributed by atoms with Crippen LogP contribution in [0, 0.1) is 6.92 Å². The summed E-state index contributed by atoms with van der Waals surface area (Å²) in [5.41, 5.74) is 7.49. The number of nitrogens with one attached hydrogen (secondary N) is 1. The topological polar surface area (TPSA) is 93.8 Å². The van der Waals surface area contributed by atoms with Crippen LogP contribution in [-0.4, -0.2) is 20.9 Å². The van der Waals surface area contributed by atoms with E-state index in [1.165, 1.54) is 12.4 Å². The SMILES string of the molecule is Cc1cccnc1CNC(=O)c1cnc(N)cn1. The third kappa shape index (κ3) is 2.79. The molecule has 0 saturated carbocycles. The summed E-state index contributed by atoms with van der Waals surface area (Å²) < 4.78 is 0. The number of anilines is 1. The molecule has 1 amide bonds. The molecule has 0 fully saturated rings. The van der Waals surface area contributed by atoms with Crippen LogP contribution in [0.15, 0.2) is 30.7 Å².